The fraction of sp³-hybridized carbons (Fsp3) is 0.333. The topological polar surface area (TPSA) is 75.3 Å². The van der Waals surface area contributed by atoms with Crippen LogP contribution in [0.3, 0.4) is 0 Å². The van der Waals surface area contributed by atoms with E-state index in [0.29, 0.717) is 18.4 Å². The van der Waals surface area contributed by atoms with Crippen molar-refractivity contribution in [1.82, 2.24) is 9.78 Å². The van der Waals surface area contributed by atoms with Gasteiger partial charge in [0.2, 0.25) is 0 Å². The summed E-state index contributed by atoms with van der Waals surface area (Å²) in [5.41, 5.74) is 1.39. The van der Waals surface area contributed by atoms with Gasteiger partial charge in [-0.05, 0) is 18.6 Å². The number of carbonyl (C=O) groups is 1. The molecule has 2 N–H and O–H groups in total. The quantitative estimate of drug-likeness (QED) is 0.848. The maximum atomic E-state index is 11.2. The molecule has 0 aliphatic rings. The molecule has 1 aromatic heterocycles. The molecule has 2 unspecified atom stereocenters. The highest BCUT2D eigenvalue weighted by molar-refractivity contribution is 5.71. The lowest BCUT2D eigenvalue weighted by atomic mass is 9.94. The van der Waals surface area contributed by atoms with Crippen molar-refractivity contribution in [3.05, 3.63) is 48.3 Å². The lowest BCUT2D eigenvalue weighted by molar-refractivity contribution is -0.146. The Morgan fingerprint density at radius 2 is 2.05 bits per heavy atom. The first-order valence-electron chi connectivity index (χ1n) is 6.64. The molecule has 0 fully saturated rings. The Labute approximate surface area is 117 Å². The smallest absolute Gasteiger partial charge is 0.309 e. The van der Waals surface area contributed by atoms with Crippen LogP contribution in [0.15, 0.2) is 42.7 Å². The normalized spacial score (nSPS) is 13.9. The van der Waals surface area contributed by atoms with Gasteiger partial charge >= 0.3 is 5.97 Å². The van der Waals surface area contributed by atoms with Gasteiger partial charge in [0.15, 0.2) is 0 Å². The zero-order chi connectivity index (χ0) is 14.5. The molecule has 20 heavy (non-hydrogen) atoms. The minimum absolute atomic E-state index is 0.438. The van der Waals surface area contributed by atoms with Crippen molar-refractivity contribution in [3.8, 4) is 5.69 Å². The largest absolute Gasteiger partial charge is 0.481 e. The number of carboxylic acids is 1. The van der Waals surface area contributed by atoms with Gasteiger partial charge in [-0.2, -0.15) is 5.10 Å². The molecule has 2 rings (SSSR count). The van der Waals surface area contributed by atoms with Gasteiger partial charge in [0.05, 0.1) is 23.9 Å². The Morgan fingerprint density at radius 3 is 2.65 bits per heavy atom. The van der Waals surface area contributed by atoms with Crippen molar-refractivity contribution >= 4 is 5.97 Å². The van der Waals surface area contributed by atoms with Gasteiger partial charge in [0.25, 0.3) is 0 Å². The zero-order valence-corrected chi connectivity index (χ0v) is 11.3. The second-order valence-electron chi connectivity index (χ2n) is 4.73. The van der Waals surface area contributed by atoms with E-state index in [4.69, 9.17) is 0 Å². The van der Waals surface area contributed by atoms with Crippen LogP contribution < -0.4 is 0 Å². The van der Waals surface area contributed by atoms with Crippen LogP contribution in [0, 0.1) is 5.92 Å². The van der Waals surface area contributed by atoms with E-state index in [1.165, 1.54) is 6.20 Å². The number of aromatic nitrogens is 2. The molecule has 5 heteroatoms. The number of aliphatic carboxylic acids is 1. The van der Waals surface area contributed by atoms with Crippen molar-refractivity contribution < 1.29 is 15.0 Å². The van der Waals surface area contributed by atoms with Crippen LogP contribution in [-0.4, -0.2) is 26.0 Å². The maximum absolute atomic E-state index is 11.2. The van der Waals surface area contributed by atoms with Crippen molar-refractivity contribution in [1.29, 1.82) is 0 Å². The molecule has 0 spiro atoms. The minimum atomic E-state index is -1.04. The van der Waals surface area contributed by atoms with Gasteiger partial charge in [0, 0.05) is 11.8 Å². The summed E-state index contributed by atoms with van der Waals surface area (Å²) in [6.45, 7) is 1.90. The Balaban J connectivity index is 2.21. The lowest BCUT2D eigenvalue weighted by Gasteiger charge is -2.16. The monoisotopic (exact) mass is 274 g/mol. The Bertz CT molecular complexity index is 566. The number of para-hydroxylation sites is 1. The molecular weight excluding hydrogens is 256 g/mol. The van der Waals surface area contributed by atoms with Gasteiger partial charge in [0.1, 0.15) is 0 Å². The van der Waals surface area contributed by atoms with Crippen LogP contribution in [0.5, 0.6) is 0 Å². The number of hydrogen-bond donors (Lipinski definition) is 2. The second-order valence-corrected chi connectivity index (χ2v) is 4.73. The van der Waals surface area contributed by atoms with E-state index in [9.17, 15) is 15.0 Å². The minimum Gasteiger partial charge on any atom is -0.481 e. The lowest BCUT2D eigenvalue weighted by Crippen LogP contribution is -2.21. The van der Waals surface area contributed by atoms with Crippen LogP contribution in [0.4, 0.5) is 0 Å². The molecule has 0 radical (unpaired) electrons. The molecule has 0 aliphatic heterocycles. The van der Waals surface area contributed by atoms with Gasteiger partial charge in [-0.3, -0.25) is 4.79 Å². The Kier molecular flexibility index (Phi) is 4.53. The fourth-order valence-electron chi connectivity index (χ4n) is 2.17. The number of rotatable bonds is 6. The Morgan fingerprint density at radius 1 is 1.35 bits per heavy atom. The third kappa shape index (κ3) is 3.05. The van der Waals surface area contributed by atoms with E-state index in [1.54, 1.807) is 10.9 Å². The molecule has 5 nitrogen and oxygen atoms in total. The van der Waals surface area contributed by atoms with Crippen LogP contribution >= 0.6 is 0 Å². The summed E-state index contributed by atoms with van der Waals surface area (Å²) in [6.07, 6.45) is 3.30. The molecule has 2 atom stereocenters. The molecule has 1 aromatic carbocycles. The first-order chi connectivity index (χ1) is 9.63. The van der Waals surface area contributed by atoms with Gasteiger partial charge in [-0.15, -0.1) is 0 Å². The molecule has 0 bridgehead atoms. The summed E-state index contributed by atoms with van der Waals surface area (Å²) in [7, 11) is 0. The van der Waals surface area contributed by atoms with E-state index >= 15 is 0 Å². The van der Waals surface area contributed by atoms with Crippen molar-refractivity contribution in [2.24, 2.45) is 5.92 Å². The van der Waals surface area contributed by atoms with Crippen molar-refractivity contribution in [3.63, 3.8) is 0 Å². The number of nitrogens with zero attached hydrogens (tertiary/aromatic N) is 2. The predicted molar refractivity (Wildman–Crippen MR) is 74.6 cm³/mol. The highest BCUT2D eigenvalue weighted by Gasteiger charge is 2.27. The van der Waals surface area contributed by atoms with E-state index in [0.717, 1.165) is 5.69 Å². The van der Waals surface area contributed by atoms with Crippen LogP contribution in [0.1, 0.15) is 31.4 Å². The molecule has 106 valence electrons. The fourth-order valence-corrected chi connectivity index (χ4v) is 2.17. The first kappa shape index (κ1) is 14.3. The summed E-state index contributed by atoms with van der Waals surface area (Å²) in [5.74, 6) is -1.78. The molecule has 0 saturated carbocycles. The van der Waals surface area contributed by atoms with Crippen LogP contribution in [0.2, 0.25) is 0 Å². The summed E-state index contributed by atoms with van der Waals surface area (Å²) in [5, 5.41) is 23.6. The first-order valence-corrected chi connectivity index (χ1v) is 6.64. The van der Waals surface area contributed by atoms with Crippen molar-refractivity contribution in [2.75, 3.05) is 0 Å². The van der Waals surface area contributed by atoms with Crippen LogP contribution in [-0.2, 0) is 4.79 Å². The van der Waals surface area contributed by atoms with E-state index in [-0.39, 0.29) is 0 Å². The van der Waals surface area contributed by atoms with Crippen molar-refractivity contribution in [2.45, 2.75) is 25.9 Å². The summed E-state index contributed by atoms with van der Waals surface area (Å²) >= 11 is 0. The number of hydrogen-bond acceptors (Lipinski definition) is 3. The van der Waals surface area contributed by atoms with Gasteiger partial charge in [-0.25, -0.2) is 4.68 Å². The van der Waals surface area contributed by atoms with E-state index < -0.39 is 18.0 Å². The van der Waals surface area contributed by atoms with E-state index in [2.05, 4.69) is 5.10 Å². The number of benzene rings is 1. The average Bonchev–Trinajstić information content (AvgIpc) is 2.94. The summed E-state index contributed by atoms with van der Waals surface area (Å²) in [6, 6.07) is 9.48. The molecule has 1 heterocycles. The van der Waals surface area contributed by atoms with E-state index in [1.807, 2.05) is 37.3 Å². The molecule has 2 aromatic rings. The number of aliphatic hydroxyl groups is 1. The highest BCUT2D eigenvalue weighted by atomic mass is 16.4. The molecule has 0 saturated heterocycles. The summed E-state index contributed by atoms with van der Waals surface area (Å²) < 4.78 is 1.63. The van der Waals surface area contributed by atoms with Crippen LogP contribution in [0.25, 0.3) is 5.69 Å². The SMILES string of the molecule is CCCC(C(=O)O)C(O)c1cnn(-c2ccccc2)c1. The molecule has 0 aliphatic carbocycles. The van der Waals surface area contributed by atoms with Gasteiger partial charge in [-0.1, -0.05) is 31.5 Å². The zero-order valence-electron chi connectivity index (χ0n) is 11.3. The second kappa shape index (κ2) is 6.34. The van der Waals surface area contributed by atoms with Gasteiger partial charge < -0.3 is 10.2 Å². The third-order valence-electron chi connectivity index (χ3n) is 3.26. The highest BCUT2D eigenvalue weighted by Crippen LogP contribution is 2.26. The predicted octanol–water partition coefficient (Wildman–Crippen LogP) is 2.41. The maximum Gasteiger partial charge on any atom is 0.309 e. The standard InChI is InChI=1S/C15H18N2O3/c1-2-6-13(15(19)20)14(18)11-9-16-17(10-11)12-7-4-3-5-8-12/h3-5,7-10,13-14,18H,2,6H2,1H3,(H,19,20). The Hall–Kier alpha value is -2.14. The number of aliphatic hydroxyl groups excluding tert-OH is 1. The number of carboxylic acid groups (broad SMARTS) is 1. The third-order valence-corrected chi connectivity index (χ3v) is 3.26. The average molecular weight is 274 g/mol. The summed E-state index contributed by atoms with van der Waals surface area (Å²) in [4.78, 5) is 11.2. The molecular formula is C15H18N2O3. The molecule has 0 amide bonds.